The molecule has 0 fully saturated rings. The van der Waals surface area contributed by atoms with Crippen molar-refractivity contribution in [2.24, 2.45) is 0 Å². The molecule has 0 heterocycles. The monoisotopic (exact) mass is 324 g/mol. The van der Waals surface area contributed by atoms with Gasteiger partial charge in [-0.1, -0.05) is 11.6 Å². The van der Waals surface area contributed by atoms with Gasteiger partial charge >= 0.3 is 11.4 Å². The van der Waals surface area contributed by atoms with Crippen molar-refractivity contribution in [1.82, 2.24) is 0 Å². The molecule has 0 aliphatic heterocycles. The van der Waals surface area contributed by atoms with Crippen LogP contribution in [-0.2, 0) is 20.7 Å². The van der Waals surface area contributed by atoms with Gasteiger partial charge in [0.1, 0.15) is 0 Å². The first kappa shape index (κ1) is 16.3. The van der Waals surface area contributed by atoms with Crippen LogP contribution in [0.15, 0.2) is 12.1 Å². The maximum atomic E-state index is 10.9. The van der Waals surface area contributed by atoms with E-state index in [0.29, 0.717) is 0 Å². The number of hydrogen-bond acceptors (Lipinski definition) is 7. The zero-order chi connectivity index (χ0) is 15.5. The van der Waals surface area contributed by atoms with E-state index >= 15 is 0 Å². The smallest absolute Gasteiger partial charge is 0.270 e. The number of benzene rings is 1. The van der Waals surface area contributed by atoms with Gasteiger partial charge in [-0.05, 0) is 6.07 Å². The highest BCUT2D eigenvalue weighted by Crippen LogP contribution is 2.35. The molecule has 1 rings (SSSR count). The van der Waals surface area contributed by atoms with E-state index in [1.807, 2.05) is 0 Å². The molecule has 0 bridgehead atoms. The minimum Gasteiger partial charge on any atom is -0.270 e. The third-order valence-electron chi connectivity index (χ3n) is 2.23. The maximum absolute atomic E-state index is 10.9. The lowest BCUT2D eigenvalue weighted by atomic mass is 10.1. The van der Waals surface area contributed by atoms with E-state index in [2.05, 4.69) is 4.18 Å². The van der Waals surface area contributed by atoms with E-state index in [1.54, 1.807) is 0 Å². The summed E-state index contributed by atoms with van der Waals surface area (Å²) in [6.07, 6.45) is 0.570. The molecule has 0 N–H and O–H groups in total. The van der Waals surface area contributed by atoms with Gasteiger partial charge in [0, 0.05) is 12.5 Å². The van der Waals surface area contributed by atoms with Crippen LogP contribution in [0.25, 0.3) is 0 Å². The second kappa shape index (κ2) is 6.11. The second-order valence-electron chi connectivity index (χ2n) is 3.68. The van der Waals surface area contributed by atoms with E-state index < -0.39 is 37.9 Å². The Labute approximate surface area is 118 Å². The normalized spacial score (nSPS) is 11.3. The number of rotatable bonds is 6. The van der Waals surface area contributed by atoms with E-state index in [1.165, 1.54) is 0 Å². The average molecular weight is 325 g/mol. The summed E-state index contributed by atoms with van der Waals surface area (Å²) in [5.41, 5.74) is -1.62. The molecular formula is C9H9ClN2O7S. The molecule has 0 aliphatic rings. The molecule has 1 aromatic rings. The van der Waals surface area contributed by atoms with E-state index in [4.69, 9.17) is 11.6 Å². The van der Waals surface area contributed by atoms with Crippen molar-refractivity contribution in [2.75, 3.05) is 12.9 Å². The van der Waals surface area contributed by atoms with Crippen LogP contribution in [0.3, 0.4) is 0 Å². The topological polar surface area (TPSA) is 130 Å². The minimum atomic E-state index is -3.71. The van der Waals surface area contributed by atoms with E-state index in [9.17, 15) is 28.6 Å². The molecule has 0 radical (unpaired) electrons. The molecule has 9 nitrogen and oxygen atoms in total. The standard InChI is InChI=1S/C9H9ClN2O7S/c1-20(17,18)19-5-4-6-7(10)2-3-8(11(13)14)9(6)12(15)16/h2-3H,4-5H2,1H3. The Kier molecular flexibility index (Phi) is 4.98. The Morgan fingerprint density at radius 1 is 1.25 bits per heavy atom. The van der Waals surface area contributed by atoms with Crippen LogP contribution in [-0.4, -0.2) is 31.1 Å². The molecule has 0 aromatic heterocycles. The zero-order valence-electron chi connectivity index (χ0n) is 10.1. The van der Waals surface area contributed by atoms with Gasteiger partial charge in [0.05, 0.1) is 33.3 Å². The minimum absolute atomic E-state index is 0.0700. The zero-order valence-corrected chi connectivity index (χ0v) is 11.7. The Morgan fingerprint density at radius 3 is 2.30 bits per heavy atom. The molecule has 0 aliphatic carbocycles. The quantitative estimate of drug-likeness (QED) is 0.442. The van der Waals surface area contributed by atoms with Crippen molar-refractivity contribution in [2.45, 2.75) is 6.42 Å². The highest BCUT2D eigenvalue weighted by Gasteiger charge is 2.30. The first-order valence-electron chi connectivity index (χ1n) is 5.08. The maximum Gasteiger partial charge on any atom is 0.350 e. The third-order valence-corrected chi connectivity index (χ3v) is 3.18. The van der Waals surface area contributed by atoms with Gasteiger partial charge in [-0.25, -0.2) is 0 Å². The van der Waals surface area contributed by atoms with Crippen LogP contribution in [0.5, 0.6) is 0 Å². The molecule has 1 aromatic carbocycles. The lowest BCUT2D eigenvalue weighted by Gasteiger charge is -2.06. The summed E-state index contributed by atoms with van der Waals surface area (Å²) in [5.74, 6) is 0. The number of nitro benzene ring substituents is 2. The van der Waals surface area contributed by atoms with Crippen molar-refractivity contribution < 1.29 is 22.4 Å². The first-order chi connectivity index (χ1) is 9.13. The van der Waals surface area contributed by atoms with Crippen molar-refractivity contribution in [3.63, 3.8) is 0 Å². The Morgan fingerprint density at radius 2 is 1.85 bits per heavy atom. The van der Waals surface area contributed by atoms with Gasteiger partial charge in [-0.2, -0.15) is 8.42 Å². The Bertz CT molecular complexity index is 659. The van der Waals surface area contributed by atoms with Crippen LogP contribution >= 0.6 is 11.6 Å². The molecule has 0 saturated carbocycles. The summed E-state index contributed by atoms with van der Waals surface area (Å²) >= 11 is 5.77. The van der Waals surface area contributed by atoms with E-state index in [0.717, 1.165) is 18.4 Å². The van der Waals surface area contributed by atoms with Crippen molar-refractivity contribution >= 4 is 33.1 Å². The van der Waals surface area contributed by atoms with E-state index in [-0.39, 0.29) is 17.0 Å². The number of nitro groups is 2. The van der Waals surface area contributed by atoms with Gasteiger partial charge in [0.15, 0.2) is 0 Å². The first-order valence-corrected chi connectivity index (χ1v) is 7.27. The SMILES string of the molecule is CS(=O)(=O)OCCc1c(Cl)ccc([N+](=O)[O-])c1[N+](=O)[O-]. The summed E-state index contributed by atoms with van der Waals surface area (Å²) in [6.45, 7) is -0.402. The fourth-order valence-corrected chi connectivity index (χ4v) is 2.12. The van der Waals surface area contributed by atoms with Gasteiger partial charge in [0.2, 0.25) is 0 Å². The fraction of sp³-hybridized carbons (Fsp3) is 0.333. The molecule has 0 atom stereocenters. The Balaban J connectivity index is 3.20. The van der Waals surface area contributed by atoms with Crippen molar-refractivity contribution in [1.29, 1.82) is 0 Å². The summed E-state index contributed by atoms with van der Waals surface area (Å²) in [7, 11) is -3.71. The van der Waals surface area contributed by atoms with Crippen LogP contribution in [0.4, 0.5) is 11.4 Å². The molecule has 0 spiro atoms. The predicted molar refractivity (Wildman–Crippen MR) is 69.3 cm³/mol. The number of nitrogens with zero attached hydrogens (tertiary/aromatic N) is 2. The molecular weight excluding hydrogens is 316 g/mol. The predicted octanol–water partition coefficient (Wildman–Crippen LogP) is 1.68. The summed E-state index contributed by atoms with van der Waals surface area (Å²) in [4.78, 5) is 19.9. The number of halogens is 1. The lowest BCUT2D eigenvalue weighted by Crippen LogP contribution is -2.09. The highest BCUT2D eigenvalue weighted by molar-refractivity contribution is 7.85. The van der Waals surface area contributed by atoms with Crippen molar-refractivity contribution in [3.05, 3.63) is 42.9 Å². The lowest BCUT2D eigenvalue weighted by molar-refractivity contribution is -0.423. The molecule has 20 heavy (non-hydrogen) atoms. The number of hydrogen-bond donors (Lipinski definition) is 0. The van der Waals surface area contributed by atoms with Crippen LogP contribution in [0.2, 0.25) is 5.02 Å². The molecule has 110 valence electrons. The molecule has 11 heteroatoms. The molecule has 0 amide bonds. The third kappa shape index (κ3) is 4.11. The van der Waals surface area contributed by atoms with Crippen molar-refractivity contribution in [3.8, 4) is 0 Å². The molecule has 0 saturated heterocycles. The average Bonchev–Trinajstić information content (AvgIpc) is 2.28. The van der Waals surface area contributed by atoms with Gasteiger partial charge in [0.25, 0.3) is 10.1 Å². The van der Waals surface area contributed by atoms with Crippen LogP contribution in [0.1, 0.15) is 5.56 Å². The fourth-order valence-electron chi connectivity index (χ4n) is 1.48. The Hall–Kier alpha value is -1.78. The molecule has 0 unspecified atom stereocenters. The van der Waals surface area contributed by atoms with Crippen LogP contribution < -0.4 is 0 Å². The summed E-state index contributed by atoms with van der Waals surface area (Å²) < 4.78 is 26.1. The van der Waals surface area contributed by atoms with Crippen LogP contribution in [0, 0.1) is 20.2 Å². The second-order valence-corrected chi connectivity index (χ2v) is 5.74. The summed E-state index contributed by atoms with van der Waals surface area (Å²) in [6, 6.07) is 2.06. The highest BCUT2D eigenvalue weighted by atomic mass is 35.5. The van der Waals surface area contributed by atoms with Gasteiger partial charge in [-0.15, -0.1) is 0 Å². The summed E-state index contributed by atoms with van der Waals surface area (Å²) in [5, 5.41) is 21.6. The van der Waals surface area contributed by atoms with Gasteiger partial charge < -0.3 is 0 Å². The van der Waals surface area contributed by atoms with Gasteiger partial charge in [-0.3, -0.25) is 24.4 Å². The largest absolute Gasteiger partial charge is 0.350 e.